The van der Waals surface area contributed by atoms with Gasteiger partial charge in [-0.2, -0.15) is 0 Å². The molecule has 0 aromatic carbocycles. The number of rotatable bonds is 4. The van der Waals surface area contributed by atoms with Crippen LogP contribution in [0.4, 0.5) is 0 Å². The van der Waals surface area contributed by atoms with Crippen molar-refractivity contribution in [1.82, 2.24) is 0 Å². The van der Waals surface area contributed by atoms with Gasteiger partial charge in [-0.25, -0.2) is 0 Å². The zero-order valence-corrected chi connectivity index (χ0v) is 12.1. The molecular formula is C14H18N2O6. The van der Waals surface area contributed by atoms with Gasteiger partial charge in [0.1, 0.15) is 11.2 Å². The van der Waals surface area contributed by atoms with E-state index in [4.69, 9.17) is 9.68 Å². The minimum absolute atomic E-state index is 0.428. The molecule has 0 aromatic rings. The van der Waals surface area contributed by atoms with E-state index in [1.807, 2.05) is 0 Å². The van der Waals surface area contributed by atoms with Crippen LogP contribution in [-0.2, 0) is 9.68 Å². The minimum atomic E-state index is -0.621. The van der Waals surface area contributed by atoms with Crippen molar-refractivity contribution < 1.29 is 19.8 Å². The van der Waals surface area contributed by atoms with E-state index in [0.717, 1.165) is 38.5 Å². The Balaban J connectivity index is 1.49. The van der Waals surface area contributed by atoms with Gasteiger partial charge < -0.3 is 9.68 Å². The highest BCUT2D eigenvalue weighted by Crippen LogP contribution is 2.74. The van der Waals surface area contributed by atoms with Crippen LogP contribution in [0.1, 0.15) is 38.5 Å². The summed E-state index contributed by atoms with van der Waals surface area (Å²) in [6.45, 7) is 0. The highest BCUT2D eigenvalue weighted by Gasteiger charge is 2.72. The van der Waals surface area contributed by atoms with E-state index < -0.39 is 21.4 Å². The third-order valence-electron chi connectivity index (χ3n) is 7.48. The van der Waals surface area contributed by atoms with E-state index in [1.54, 1.807) is 0 Å². The quantitative estimate of drug-likeness (QED) is 0.581. The maximum atomic E-state index is 10.9. The Bertz CT molecular complexity index is 465. The fourth-order valence-electron chi connectivity index (χ4n) is 7.34. The monoisotopic (exact) mass is 310 g/mol. The molecule has 7 rings (SSSR count). The molecule has 120 valence electrons. The van der Waals surface area contributed by atoms with Gasteiger partial charge in [-0.05, 0) is 74.0 Å². The van der Waals surface area contributed by atoms with Crippen LogP contribution in [0.5, 0.6) is 0 Å². The van der Waals surface area contributed by atoms with Crippen molar-refractivity contribution in [1.29, 1.82) is 0 Å². The molecule has 7 fully saturated rings. The van der Waals surface area contributed by atoms with E-state index in [1.165, 1.54) is 0 Å². The molecule has 0 aliphatic heterocycles. The van der Waals surface area contributed by atoms with E-state index in [9.17, 15) is 20.2 Å². The van der Waals surface area contributed by atoms with Crippen molar-refractivity contribution in [3.05, 3.63) is 20.2 Å². The summed E-state index contributed by atoms with van der Waals surface area (Å²) < 4.78 is 0. The molecule has 0 unspecified atom stereocenters. The van der Waals surface area contributed by atoms with E-state index in [2.05, 4.69) is 0 Å². The van der Waals surface area contributed by atoms with Gasteiger partial charge >= 0.3 is 0 Å². The topological polar surface area (TPSA) is 105 Å². The maximum absolute atomic E-state index is 10.9. The highest BCUT2D eigenvalue weighted by atomic mass is 17.0. The summed E-state index contributed by atoms with van der Waals surface area (Å²) in [6.07, 6.45) is 4.49. The van der Waals surface area contributed by atoms with Gasteiger partial charge in [0.15, 0.2) is 0 Å². The summed E-state index contributed by atoms with van der Waals surface area (Å²) in [5.41, 5.74) is -1.15. The Morgan fingerprint density at radius 3 is 1.05 bits per heavy atom. The molecule has 7 saturated carbocycles. The smallest absolute Gasteiger partial charge is 0.295 e. The standard InChI is InChI=1S/C14H18N2O6/c17-15(18)21-13-1-7-8-4-14(22-16(19)20)5-9(7)11(3-13)12(6-14)10(8)2-13/h7-12H,1-6H2. The molecule has 0 atom stereocenters. The second-order valence-electron chi connectivity index (χ2n) is 8.20. The molecule has 22 heavy (non-hydrogen) atoms. The van der Waals surface area contributed by atoms with Crippen LogP contribution in [0.25, 0.3) is 0 Å². The number of nitrogens with zero attached hydrogens (tertiary/aromatic N) is 2. The second kappa shape index (κ2) is 3.65. The van der Waals surface area contributed by atoms with Gasteiger partial charge in [-0.1, -0.05) is 0 Å². The van der Waals surface area contributed by atoms with E-state index >= 15 is 0 Å². The van der Waals surface area contributed by atoms with Gasteiger partial charge in [-0.3, -0.25) is 0 Å². The average molecular weight is 310 g/mol. The molecule has 0 spiro atoms. The van der Waals surface area contributed by atoms with Gasteiger partial charge in [0.2, 0.25) is 0 Å². The van der Waals surface area contributed by atoms with Crippen molar-refractivity contribution >= 4 is 0 Å². The van der Waals surface area contributed by atoms with Crippen LogP contribution in [-0.4, -0.2) is 21.4 Å². The molecule has 0 aromatic heterocycles. The van der Waals surface area contributed by atoms with Gasteiger partial charge in [0, 0.05) is 0 Å². The second-order valence-corrected chi connectivity index (χ2v) is 8.20. The SMILES string of the molecule is O=[N+]([O-])OC12CC3C4CC5(O[N+](=O)[O-])CC3C(C1)C(C5)C4C2. The van der Waals surface area contributed by atoms with Gasteiger partial charge in [0.05, 0.1) is 0 Å². The predicted molar refractivity (Wildman–Crippen MR) is 70.3 cm³/mol. The van der Waals surface area contributed by atoms with Crippen LogP contribution < -0.4 is 0 Å². The third-order valence-corrected chi connectivity index (χ3v) is 7.48. The molecule has 7 aliphatic rings. The normalized spacial score (nSPS) is 56.2. The van der Waals surface area contributed by atoms with Crippen molar-refractivity contribution in [3.63, 3.8) is 0 Å². The summed E-state index contributed by atoms with van der Waals surface area (Å²) in [5, 5.41) is 20.5. The lowest BCUT2D eigenvalue weighted by atomic mass is 9.34. The lowest BCUT2D eigenvalue weighted by molar-refractivity contribution is -0.792. The fourth-order valence-corrected chi connectivity index (χ4v) is 7.34. The molecule has 0 N–H and O–H groups in total. The first-order valence-electron chi connectivity index (χ1n) is 8.07. The lowest BCUT2D eigenvalue weighted by Gasteiger charge is -2.73. The summed E-state index contributed by atoms with van der Waals surface area (Å²) in [5.74, 6) is 2.57. The molecular weight excluding hydrogens is 292 g/mol. The summed E-state index contributed by atoms with van der Waals surface area (Å²) >= 11 is 0. The van der Waals surface area contributed by atoms with Crippen molar-refractivity contribution in [2.24, 2.45) is 35.5 Å². The Kier molecular flexibility index (Phi) is 2.14. The van der Waals surface area contributed by atoms with Crippen molar-refractivity contribution in [2.45, 2.75) is 49.7 Å². The lowest BCUT2D eigenvalue weighted by Crippen LogP contribution is -2.72. The Labute approximate surface area is 126 Å². The van der Waals surface area contributed by atoms with Crippen LogP contribution >= 0.6 is 0 Å². The molecule has 8 heteroatoms. The molecule has 0 radical (unpaired) electrons. The number of hydrogen-bond donors (Lipinski definition) is 0. The first-order chi connectivity index (χ1) is 10.4. The van der Waals surface area contributed by atoms with Crippen LogP contribution in [0.3, 0.4) is 0 Å². The highest BCUT2D eigenvalue weighted by molar-refractivity contribution is 5.20. The van der Waals surface area contributed by atoms with E-state index in [0.29, 0.717) is 35.5 Å². The molecule has 8 nitrogen and oxygen atoms in total. The Morgan fingerprint density at radius 2 is 0.864 bits per heavy atom. The van der Waals surface area contributed by atoms with Gasteiger partial charge in [-0.15, -0.1) is 20.2 Å². The largest absolute Gasteiger partial charge is 0.307 e. The summed E-state index contributed by atoms with van der Waals surface area (Å²) in [6, 6.07) is 0. The molecule has 0 saturated heterocycles. The third kappa shape index (κ3) is 1.43. The fraction of sp³-hybridized carbons (Fsp3) is 1.00. The zero-order chi connectivity index (χ0) is 15.3. The molecule has 7 aliphatic carbocycles. The molecule has 8 bridgehead atoms. The van der Waals surface area contributed by atoms with Crippen LogP contribution in [0.15, 0.2) is 0 Å². The van der Waals surface area contributed by atoms with Crippen molar-refractivity contribution in [3.8, 4) is 0 Å². The molecule has 0 heterocycles. The first kappa shape index (κ1) is 12.9. The first-order valence-corrected chi connectivity index (χ1v) is 8.07. The zero-order valence-electron chi connectivity index (χ0n) is 12.1. The predicted octanol–water partition coefficient (Wildman–Crippen LogP) is 1.99. The summed E-state index contributed by atoms with van der Waals surface area (Å²) in [4.78, 5) is 32.1. The average Bonchev–Trinajstić information content (AvgIpc) is 2.41. The van der Waals surface area contributed by atoms with Crippen LogP contribution in [0, 0.1) is 55.7 Å². The summed E-state index contributed by atoms with van der Waals surface area (Å²) in [7, 11) is 0. The van der Waals surface area contributed by atoms with Crippen LogP contribution in [0.2, 0.25) is 0 Å². The van der Waals surface area contributed by atoms with E-state index in [-0.39, 0.29) is 0 Å². The van der Waals surface area contributed by atoms with Crippen molar-refractivity contribution in [2.75, 3.05) is 0 Å². The van der Waals surface area contributed by atoms with Gasteiger partial charge in [0.25, 0.3) is 10.2 Å². The maximum Gasteiger partial charge on any atom is 0.295 e. The Hall–Kier alpha value is -1.60. The minimum Gasteiger partial charge on any atom is -0.307 e. The Morgan fingerprint density at radius 1 is 0.636 bits per heavy atom. The molecule has 0 amide bonds. The number of hydrogen-bond acceptors (Lipinski definition) is 6.